The number of rotatable bonds is 6. The lowest BCUT2D eigenvalue weighted by molar-refractivity contribution is -0.122. The predicted molar refractivity (Wildman–Crippen MR) is 50.7 cm³/mol. The van der Waals surface area contributed by atoms with E-state index in [1.807, 2.05) is 6.92 Å². The summed E-state index contributed by atoms with van der Waals surface area (Å²) in [4.78, 5) is 11.1. The number of carbonyl (C=O) groups is 1. The Morgan fingerprint density at radius 3 is 2.92 bits per heavy atom. The van der Waals surface area contributed by atoms with Crippen molar-refractivity contribution in [2.24, 2.45) is 5.73 Å². The van der Waals surface area contributed by atoms with E-state index in [1.54, 1.807) is 6.08 Å². The molecule has 70 valence electrons. The van der Waals surface area contributed by atoms with Crippen molar-refractivity contribution >= 4 is 5.91 Å². The van der Waals surface area contributed by atoms with E-state index >= 15 is 0 Å². The van der Waals surface area contributed by atoms with Crippen LogP contribution in [0.1, 0.15) is 26.2 Å². The van der Waals surface area contributed by atoms with Gasteiger partial charge in [-0.1, -0.05) is 19.4 Å². The minimum absolute atomic E-state index is 0.0568. The van der Waals surface area contributed by atoms with E-state index in [4.69, 9.17) is 5.73 Å². The Labute approximate surface area is 74.0 Å². The molecule has 0 radical (unpaired) electrons. The zero-order valence-electron chi connectivity index (χ0n) is 7.68. The van der Waals surface area contributed by atoms with Gasteiger partial charge >= 0.3 is 0 Å². The summed E-state index contributed by atoms with van der Waals surface area (Å²) in [5, 5.41) is 2.73. The highest BCUT2D eigenvalue weighted by molar-refractivity contribution is 5.81. The maximum absolute atomic E-state index is 11.1. The van der Waals surface area contributed by atoms with Gasteiger partial charge in [0.05, 0.1) is 6.04 Å². The highest BCUT2D eigenvalue weighted by atomic mass is 16.2. The first kappa shape index (κ1) is 11.2. The summed E-state index contributed by atoms with van der Waals surface area (Å²) >= 11 is 0. The van der Waals surface area contributed by atoms with Crippen molar-refractivity contribution in [3.8, 4) is 0 Å². The molecule has 0 aliphatic carbocycles. The molecule has 0 fully saturated rings. The van der Waals surface area contributed by atoms with Crippen LogP contribution in [0.25, 0.3) is 0 Å². The molecule has 0 spiro atoms. The van der Waals surface area contributed by atoms with E-state index in [2.05, 4.69) is 11.9 Å². The van der Waals surface area contributed by atoms with E-state index in [0.717, 1.165) is 19.3 Å². The van der Waals surface area contributed by atoms with Crippen LogP contribution in [0.2, 0.25) is 0 Å². The number of carbonyl (C=O) groups excluding carboxylic acids is 1. The molecule has 1 atom stereocenters. The molecule has 0 heterocycles. The van der Waals surface area contributed by atoms with Gasteiger partial charge in [-0.05, 0) is 12.8 Å². The van der Waals surface area contributed by atoms with Crippen molar-refractivity contribution in [1.29, 1.82) is 0 Å². The monoisotopic (exact) mass is 170 g/mol. The summed E-state index contributed by atoms with van der Waals surface area (Å²) in [5.74, 6) is -0.0568. The molecule has 0 aromatic carbocycles. The van der Waals surface area contributed by atoms with Crippen molar-refractivity contribution < 1.29 is 4.79 Å². The summed E-state index contributed by atoms with van der Waals surface area (Å²) in [5.41, 5.74) is 5.57. The molecule has 3 heteroatoms. The van der Waals surface area contributed by atoms with Crippen LogP contribution in [-0.2, 0) is 4.79 Å². The van der Waals surface area contributed by atoms with Crippen LogP contribution in [0.15, 0.2) is 12.7 Å². The number of hydrogen-bond acceptors (Lipinski definition) is 2. The topological polar surface area (TPSA) is 55.1 Å². The normalized spacial score (nSPS) is 12.2. The Bertz CT molecular complexity index is 145. The van der Waals surface area contributed by atoms with Gasteiger partial charge in [0.1, 0.15) is 0 Å². The molecule has 3 nitrogen and oxygen atoms in total. The summed E-state index contributed by atoms with van der Waals surface area (Å²) in [6.07, 6.45) is 4.26. The Morgan fingerprint density at radius 1 is 1.75 bits per heavy atom. The van der Waals surface area contributed by atoms with E-state index in [0.29, 0.717) is 6.54 Å². The minimum atomic E-state index is -0.347. The zero-order valence-corrected chi connectivity index (χ0v) is 7.68. The summed E-state index contributed by atoms with van der Waals surface area (Å²) < 4.78 is 0. The molecule has 0 saturated heterocycles. The Balaban J connectivity index is 3.49. The summed E-state index contributed by atoms with van der Waals surface area (Å²) in [6.45, 7) is 6.21. The molecule has 1 amide bonds. The van der Waals surface area contributed by atoms with Gasteiger partial charge in [-0.25, -0.2) is 0 Å². The number of nitrogens with two attached hydrogens (primary N) is 1. The van der Waals surface area contributed by atoms with Gasteiger partial charge in [-0.15, -0.1) is 6.58 Å². The summed E-state index contributed by atoms with van der Waals surface area (Å²) in [6, 6.07) is -0.347. The van der Waals surface area contributed by atoms with Crippen molar-refractivity contribution in [3.63, 3.8) is 0 Å². The molecular formula is C9H18N2O. The second kappa shape index (κ2) is 6.85. The molecule has 1 unspecified atom stereocenters. The number of hydrogen-bond donors (Lipinski definition) is 2. The highest BCUT2D eigenvalue weighted by Gasteiger charge is 2.09. The van der Waals surface area contributed by atoms with Crippen LogP contribution >= 0.6 is 0 Å². The summed E-state index contributed by atoms with van der Waals surface area (Å²) in [7, 11) is 0. The first-order valence-electron chi connectivity index (χ1n) is 4.36. The van der Waals surface area contributed by atoms with E-state index < -0.39 is 0 Å². The zero-order chi connectivity index (χ0) is 9.40. The van der Waals surface area contributed by atoms with Gasteiger partial charge in [-0.2, -0.15) is 0 Å². The van der Waals surface area contributed by atoms with Crippen LogP contribution < -0.4 is 11.1 Å². The van der Waals surface area contributed by atoms with Crippen molar-refractivity contribution in [3.05, 3.63) is 12.7 Å². The third kappa shape index (κ3) is 4.91. The third-order valence-corrected chi connectivity index (χ3v) is 1.58. The fourth-order valence-electron chi connectivity index (χ4n) is 0.871. The van der Waals surface area contributed by atoms with Gasteiger partial charge in [0.25, 0.3) is 0 Å². The van der Waals surface area contributed by atoms with Gasteiger partial charge in [-0.3, -0.25) is 4.79 Å². The van der Waals surface area contributed by atoms with Crippen LogP contribution in [0.5, 0.6) is 0 Å². The van der Waals surface area contributed by atoms with Crippen LogP contribution in [0.4, 0.5) is 0 Å². The molecule has 12 heavy (non-hydrogen) atoms. The SMILES string of the molecule is C=CCCNC(=O)C(N)CCC. The maximum atomic E-state index is 11.1. The second-order valence-electron chi connectivity index (χ2n) is 2.76. The molecule has 0 bridgehead atoms. The number of amides is 1. The highest BCUT2D eigenvalue weighted by Crippen LogP contribution is 1.92. The second-order valence-corrected chi connectivity index (χ2v) is 2.76. The van der Waals surface area contributed by atoms with Crippen LogP contribution in [0.3, 0.4) is 0 Å². The average Bonchev–Trinajstić information content (AvgIpc) is 2.05. The third-order valence-electron chi connectivity index (χ3n) is 1.58. The maximum Gasteiger partial charge on any atom is 0.236 e. The molecule has 0 saturated carbocycles. The quantitative estimate of drug-likeness (QED) is 0.458. The molecule has 0 aromatic rings. The van der Waals surface area contributed by atoms with Crippen LogP contribution in [0, 0.1) is 0 Å². The number of nitrogens with one attached hydrogen (secondary N) is 1. The minimum Gasteiger partial charge on any atom is -0.354 e. The Hall–Kier alpha value is -0.830. The molecule has 3 N–H and O–H groups in total. The molecule has 0 rings (SSSR count). The Kier molecular flexibility index (Phi) is 6.38. The van der Waals surface area contributed by atoms with Crippen LogP contribution in [-0.4, -0.2) is 18.5 Å². The lowest BCUT2D eigenvalue weighted by Crippen LogP contribution is -2.40. The fraction of sp³-hybridized carbons (Fsp3) is 0.667. The first-order valence-corrected chi connectivity index (χ1v) is 4.36. The van der Waals surface area contributed by atoms with E-state index in [-0.39, 0.29) is 11.9 Å². The fourth-order valence-corrected chi connectivity index (χ4v) is 0.871. The van der Waals surface area contributed by atoms with Gasteiger partial charge in [0.15, 0.2) is 0 Å². The predicted octanol–water partition coefficient (Wildman–Crippen LogP) is 0.806. The van der Waals surface area contributed by atoms with Gasteiger partial charge < -0.3 is 11.1 Å². The molecule has 0 aliphatic heterocycles. The van der Waals surface area contributed by atoms with Gasteiger partial charge in [0.2, 0.25) is 5.91 Å². The lowest BCUT2D eigenvalue weighted by Gasteiger charge is -2.09. The van der Waals surface area contributed by atoms with Crippen molar-refractivity contribution in [2.45, 2.75) is 32.2 Å². The van der Waals surface area contributed by atoms with Crippen molar-refractivity contribution in [1.82, 2.24) is 5.32 Å². The molecular weight excluding hydrogens is 152 g/mol. The lowest BCUT2D eigenvalue weighted by atomic mass is 10.2. The standard InChI is InChI=1S/C9H18N2O/c1-3-5-7-11-9(12)8(10)6-4-2/h3,8H,1,4-7,10H2,2H3,(H,11,12). The largest absolute Gasteiger partial charge is 0.354 e. The van der Waals surface area contributed by atoms with Crippen molar-refractivity contribution in [2.75, 3.05) is 6.54 Å². The smallest absolute Gasteiger partial charge is 0.236 e. The Morgan fingerprint density at radius 2 is 2.42 bits per heavy atom. The van der Waals surface area contributed by atoms with Gasteiger partial charge in [0, 0.05) is 6.54 Å². The van der Waals surface area contributed by atoms with E-state index in [9.17, 15) is 4.79 Å². The average molecular weight is 170 g/mol. The first-order chi connectivity index (χ1) is 5.72. The molecule has 0 aliphatic rings. The molecule has 0 aromatic heterocycles. The van der Waals surface area contributed by atoms with E-state index in [1.165, 1.54) is 0 Å².